The molecule has 9 heteroatoms. The zero-order valence-corrected chi connectivity index (χ0v) is 13.4. The summed E-state index contributed by atoms with van der Waals surface area (Å²) in [5, 5.41) is 49.7. The molecule has 0 aromatic heterocycles. The number of phenols is 5. The van der Waals surface area contributed by atoms with Gasteiger partial charge in [-0.15, -0.1) is 0 Å². The van der Waals surface area contributed by atoms with E-state index in [1.54, 1.807) is 0 Å². The first-order valence-electron chi connectivity index (χ1n) is 7.11. The summed E-state index contributed by atoms with van der Waals surface area (Å²) in [7, 11) is 1.10. The number of phenolic OH excluding ortho intramolecular Hbond substituents is 5. The summed E-state index contributed by atoms with van der Waals surface area (Å²) >= 11 is 0. The lowest BCUT2D eigenvalue weighted by Crippen LogP contribution is -2.13. The van der Waals surface area contributed by atoms with Crippen LogP contribution in [0.25, 0.3) is 6.08 Å². The number of esters is 1. The van der Waals surface area contributed by atoms with E-state index in [1.165, 1.54) is 6.08 Å². The van der Waals surface area contributed by atoms with Crippen LogP contribution in [0.4, 0.5) is 5.69 Å². The second-order valence-corrected chi connectivity index (χ2v) is 5.11. The SMILES string of the molecule is COC(=O)c1cc(O)cc(O)c1NC(=O)/C=C/c1cc(O)c(O)c(O)c1. The number of aromatic hydroxyl groups is 5. The minimum Gasteiger partial charge on any atom is -0.508 e. The van der Waals surface area contributed by atoms with Gasteiger partial charge in [-0.05, 0) is 29.8 Å². The highest BCUT2D eigenvalue weighted by Crippen LogP contribution is 2.36. The number of amides is 1. The summed E-state index contributed by atoms with van der Waals surface area (Å²) in [6, 6.07) is 4.16. The van der Waals surface area contributed by atoms with E-state index in [9.17, 15) is 35.1 Å². The highest BCUT2D eigenvalue weighted by molar-refractivity contribution is 6.08. The molecule has 2 aromatic rings. The number of anilines is 1. The predicted molar refractivity (Wildman–Crippen MR) is 90.2 cm³/mol. The van der Waals surface area contributed by atoms with Gasteiger partial charge in [0.2, 0.25) is 5.91 Å². The fourth-order valence-corrected chi connectivity index (χ4v) is 2.07. The lowest BCUT2D eigenvalue weighted by molar-refractivity contribution is -0.111. The molecular weight excluding hydrogens is 346 g/mol. The third kappa shape index (κ3) is 3.96. The zero-order valence-electron chi connectivity index (χ0n) is 13.4. The number of carbonyl (C=O) groups excluding carboxylic acids is 2. The molecule has 0 saturated heterocycles. The lowest BCUT2D eigenvalue weighted by atomic mass is 10.1. The Hall–Kier alpha value is -3.88. The van der Waals surface area contributed by atoms with Crippen molar-refractivity contribution < 1.29 is 39.9 Å². The first kappa shape index (κ1) is 18.5. The standard InChI is InChI=1S/C17H15NO8/c1-26-17(25)10-6-9(19)7-11(20)15(10)18-14(23)3-2-8-4-12(21)16(24)13(22)5-8/h2-7,19-22,24H,1H3,(H,18,23)/b3-2+. The van der Waals surface area contributed by atoms with E-state index in [1.807, 2.05) is 0 Å². The molecule has 2 rings (SSSR count). The van der Waals surface area contributed by atoms with E-state index in [-0.39, 0.29) is 16.8 Å². The number of methoxy groups -OCH3 is 1. The fourth-order valence-electron chi connectivity index (χ4n) is 2.07. The Labute approximate surface area is 147 Å². The number of nitrogens with one attached hydrogen (secondary N) is 1. The van der Waals surface area contributed by atoms with Gasteiger partial charge in [-0.25, -0.2) is 4.79 Å². The molecule has 136 valence electrons. The molecule has 0 atom stereocenters. The topological polar surface area (TPSA) is 157 Å². The molecular formula is C17H15NO8. The number of carbonyl (C=O) groups is 2. The summed E-state index contributed by atoms with van der Waals surface area (Å²) in [6.45, 7) is 0. The molecule has 0 fully saturated rings. The van der Waals surface area contributed by atoms with Crippen LogP contribution in [0.1, 0.15) is 15.9 Å². The van der Waals surface area contributed by atoms with Crippen LogP contribution in [0.3, 0.4) is 0 Å². The number of ether oxygens (including phenoxy) is 1. The molecule has 0 aliphatic carbocycles. The normalized spacial score (nSPS) is 10.7. The maximum Gasteiger partial charge on any atom is 0.340 e. The van der Waals surface area contributed by atoms with Crippen molar-refractivity contribution in [1.29, 1.82) is 0 Å². The van der Waals surface area contributed by atoms with Gasteiger partial charge >= 0.3 is 5.97 Å². The largest absolute Gasteiger partial charge is 0.508 e. The Bertz CT molecular complexity index is 881. The van der Waals surface area contributed by atoms with Crippen LogP contribution in [-0.4, -0.2) is 44.5 Å². The second-order valence-electron chi connectivity index (χ2n) is 5.11. The Morgan fingerprint density at radius 2 is 1.58 bits per heavy atom. The van der Waals surface area contributed by atoms with Crippen LogP contribution in [-0.2, 0) is 9.53 Å². The Morgan fingerprint density at radius 3 is 2.15 bits per heavy atom. The van der Waals surface area contributed by atoms with Gasteiger partial charge in [0.15, 0.2) is 17.2 Å². The summed E-state index contributed by atoms with van der Waals surface area (Å²) in [6.07, 6.45) is 2.21. The third-order valence-corrected chi connectivity index (χ3v) is 3.27. The molecule has 9 nitrogen and oxygen atoms in total. The van der Waals surface area contributed by atoms with Crippen LogP contribution in [0.15, 0.2) is 30.3 Å². The number of rotatable bonds is 4. The molecule has 2 aromatic carbocycles. The number of benzene rings is 2. The first-order chi connectivity index (χ1) is 12.2. The number of hydrogen-bond donors (Lipinski definition) is 6. The van der Waals surface area contributed by atoms with Crippen molar-refractivity contribution in [3.8, 4) is 28.7 Å². The van der Waals surface area contributed by atoms with Crippen molar-refractivity contribution in [2.24, 2.45) is 0 Å². The van der Waals surface area contributed by atoms with Crippen molar-refractivity contribution in [1.82, 2.24) is 0 Å². The first-order valence-corrected chi connectivity index (χ1v) is 7.11. The molecule has 0 spiro atoms. The molecule has 0 radical (unpaired) electrons. The average Bonchev–Trinajstić information content (AvgIpc) is 2.59. The van der Waals surface area contributed by atoms with Crippen molar-refractivity contribution in [2.45, 2.75) is 0 Å². The number of hydrogen-bond acceptors (Lipinski definition) is 8. The molecule has 0 saturated carbocycles. The van der Waals surface area contributed by atoms with Crippen molar-refractivity contribution >= 4 is 23.6 Å². The molecule has 0 heterocycles. The fraction of sp³-hybridized carbons (Fsp3) is 0.0588. The van der Waals surface area contributed by atoms with Crippen molar-refractivity contribution in [2.75, 3.05) is 12.4 Å². The molecule has 6 N–H and O–H groups in total. The molecule has 1 amide bonds. The molecule has 0 bridgehead atoms. The van der Waals surface area contributed by atoms with Gasteiger partial charge in [0, 0.05) is 12.1 Å². The molecule has 0 aliphatic rings. The summed E-state index contributed by atoms with van der Waals surface area (Å²) in [5.41, 5.74) is -0.316. The Morgan fingerprint density at radius 1 is 0.962 bits per heavy atom. The smallest absolute Gasteiger partial charge is 0.340 e. The Balaban J connectivity index is 2.27. The summed E-state index contributed by atoms with van der Waals surface area (Å²) < 4.78 is 4.53. The van der Waals surface area contributed by atoms with Gasteiger partial charge < -0.3 is 35.6 Å². The maximum atomic E-state index is 12.0. The van der Waals surface area contributed by atoms with E-state index < -0.39 is 40.6 Å². The van der Waals surface area contributed by atoms with E-state index in [0.29, 0.717) is 0 Å². The molecule has 0 unspecified atom stereocenters. The molecule has 0 aliphatic heterocycles. The summed E-state index contributed by atoms with van der Waals surface area (Å²) in [5.74, 6) is -4.43. The van der Waals surface area contributed by atoms with Gasteiger partial charge in [0.1, 0.15) is 11.5 Å². The molecule has 26 heavy (non-hydrogen) atoms. The van der Waals surface area contributed by atoms with Crippen LogP contribution < -0.4 is 5.32 Å². The monoisotopic (exact) mass is 361 g/mol. The van der Waals surface area contributed by atoms with E-state index in [4.69, 9.17) is 0 Å². The van der Waals surface area contributed by atoms with Crippen LogP contribution in [0.5, 0.6) is 28.7 Å². The highest BCUT2D eigenvalue weighted by Gasteiger charge is 2.18. The van der Waals surface area contributed by atoms with E-state index >= 15 is 0 Å². The Kier molecular flexibility index (Phi) is 5.21. The van der Waals surface area contributed by atoms with Gasteiger partial charge in [-0.3, -0.25) is 4.79 Å². The van der Waals surface area contributed by atoms with Crippen molar-refractivity contribution in [3.05, 3.63) is 41.5 Å². The van der Waals surface area contributed by atoms with Crippen LogP contribution >= 0.6 is 0 Å². The third-order valence-electron chi connectivity index (χ3n) is 3.27. The van der Waals surface area contributed by atoms with Crippen LogP contribution in [0.2, 0.25) is 0 Å². The van der Waals surface area contributed by atoms with Gasteiger partial charge in [0.25, 0.3) is 0 Å². The van der Waals surface area contributed by atoms with Crippen LogP contribution in [0, 0.1) is 0 Å². The lowest BCUT2D eigenvalue weighted by Gasteiger charge is -2.11. The van der Waals surface area contributed by atoms with Crippen molar-refractivity contribution in [3.63, 3.8) is 0 Å². The van der Waals surface area contributed by atoms with Gasteiger partial charge in [-0.1, -0.05) is 0 Å². The summed E-state index contributed by atoms with van der Waals surface area (Å²) in [4.78, 5) is 23.7. The highest BCUT2D eigenvalue weighted by atomic mass is 16.5. The predicted octanol–water partition coefficient (Wildman–Crippen LogP) is 1.65. The maximum absolute atomic E-state index is 12.0. The second kappa shape index (κ2) is 7.34. The quantitative estimate of drug-likeness (QED) is 0.208. The van der Waals surface area contributed by atoms with Gasteiger partial charge in [-0.2, -0.15) is 0 Å². The van der Waals surface area contributed by atoms with E-state index in [2.05, 4.69) is 10.1 Å². The minimum atomic E-state index is -0.885. The van der Waals surface area contributed by atoms with E-state index in [0.717, 1.165) is 37.5 Å². The zero-order chi connectivity index (χ0) is 19.4. The van der Waals surface area contributed by atoms with Gasteiger partial charge in [0.05, 0.1) is 18.4 Å². The average molecular weight is 361 g/mol. The minimum absolute atomic E-state index is 0.205.